The zero-order valence-corrected chi connectivity index (χ0v) is 20.1. The third-order valence-electron chi connectivity index (χ3n) is 5.23. The van der Waals surface area contributed by atoms with E-state index in [1.54, 1.807) is 36.4 Å². The SMILES string of the molecule is NN=Nc1c(N=Nc2ccc(-c3ccccc3OCCCN=O)nc2)cc(S(=O)(=O)O)c2ccccc12. The predicted molar refractivity (Wildman–Crippen MR) is 137 cm³/mol. The Morgan fingerprint density at radius 3 is 2.41 bits per heavy atom. The minimum atomic E-state index is -4.57. The van der Waals surface area contributed by atoms with Gasteiger partial charge in [0, 0.05) is 22.8 Å². The van der Waals surface area contributed by atoms with Crippen molar-refractivity contribution in [1.29, 1.82) is 0 Å². The average Bonchev–Trinajstić information content (AvgIpc) is 2.90. The summed E-state index contributed by atoms with van der Waals surface area (Å²) in [5.74, 6) is 5.87. The van der Waals surface area contributed by atoms with Crippen LogP contribution in [0, 0.1) is 4.91 Å². The lowest BCUT2D eigenvalue weighted by molar-refractivity contribution is 0.314. The quantitative estimate of drug-likeness (QED) is 0.0637. The van der Waals surface area contributed by atoms with E-state index in [0.29, 0.717) is 35.5 Å². The summed E-state index contributed by atoms with van der Waals surface area (Å²) >= 11 is 0. The van der Waals surface area contributed by atoms with Gasteiger partial charge in [-0.25, -0.2) is 0 Å². The molecule has 188 valence electrons. The number of rotatable bonds is 10. The molecule has 3 N–H and O–H groups in total. The molecule has 0 bridgehead atoms. The fourth-order valence-corrected chi connectivity index (χ4v) is 4.31. The van der Waals surface area contributed by atoms with Crippen molar-refractivity contribution >= 4 is 38.0 Å². The first-order valence-electron chi connectivity index (χ1n) is 11.0. The first kappa shape index (κ1) is 25.5. The number of hydrogen-bond donors (Lipinski definition) is 2. The fraction of sp³-hybridized carbons (Fsp3) is 0.125. The molecule has 0 saturated carbocycles. The van der Waals surface area contributed by atoms with Gasteiger partial charge < -0.3 is 10.6 Å². The van der Waals surface area contributed by atoms with Gasteiger partial charge in [-0.1, -0.05) is 46.8 Å². The van der Waals surface area contributed by atoms with E-state index in [2.05, 4.69) is 30.7 Å². The number of pyridine rings is 1. The molecular weight excluding hydrogens is 498 g/mol. The molecule has 4 rings (SSSR count). The standard InChI is InChI=1S/C24H21N7O5S/c25-31-30-24-18-7-2-1-6-17(18)23(37(33,34)35)14-21(24)29-28-16-10-11-20(26-15-16)19-8-3-4-9-22(19)36-13-5-12-27-32/h1-4,6-11,14-15H,5,12-13H2,(H2,25,30)(H,33,34,35). The fourth-order valence-electron chi connectivity index (χ4n) is 3.60. The molecule has 12 nitrogen and oxygen atoms in total. The van der Waals surface area contributed by atoms with Gasteiger partial charge in [0.2, 0.25) is 0 Å². The Morgan fingerprint density at radius 1 is 0.946 bits per heavy atom. The lowest BCUT2D eigenvalue weighted by atomic mass is 10.1. The number of nitroso groups, excluding NO2 is 1. The summed E-state index contributed by atoms with van der Waals surface area (Å²) in [5.41, 5.74) is 1.97. The van der Waals surface area contributed by atoms with Crippen LogP contribution < -0.4 is 10.6 Å². The highest BCUT2D eigenvalue weighted by Gasteiger charge is 2.20. The van der Waals surface area contributed by atoms with Crippen LogP contribution in [0.1, 0.15) is 6.42 Å². The lowest BCUT2D eigenvalue weighted by Gasteiger charge is -2.10. The molecule has 3 aromatic carbocycles. The maximum absolute atomic E-state index is 12.0. The van der Waals surface area contributed by atoms with Gasteiger partial charge in [0.05, 0.1) is 25.0 Å². The van der Waals surface area contributed by atoms with Crippen molar-refractivity contribution < 1.29 is 17.7 Å². The summed E-state index contributed by atoms with van der Waals surface area (Å²) in [4.78, 5) is 14.4. The molecule has 37 heavy (non-hydrogen) atoms. The number of benzene rings is 3. The molecule has 0 radical (unpaired) electrons. The number of aromatic nitrogens is 1. The van der Waals surface area contributed by atoms with Crippen molar-refractivity contribution in [2.24, 2.45) is 31.6 Å². The molecule has 0 aliphatic rings. The van der Waals surface area contributed by atoms with Gasteiger partial charge in [0.15, 0.2) is 0 Å². The van der Waals surface area contributed by atoms with E-state index in [1.807, 2.05) is 18.2 Å². The minimum absolute atomic E-state index is 0.0353. The molecule has 0 aliphatic carbocycles. The van der Waals surface area contributed by atoms with Crippen LogP contribution in [0.3, 0.4) is 0 Å². The highest BCUT2D eigenvalue weighted by Crippen LogP contribution is 2.41. The molecule has 0 aliphatic heterocycles. The van der Waals surface area contributed by atoms with Crippen molar-refractivity contribution in [2.75, 3.05) is 13.2 Å². The Hall–Kier alpha value is -4.62. The number of azo groups is 1. The van der Waals surface area contributed by atoms with Crippen LogP contribution in [0.2, 0.25) is 0 Å². The third kappa shape index (κ3) is 5.97. The van der Waals surface area contributed by atoms with Crippen molar-refractivity contribution in [1.82, 2.24) is 4.98 Å². The van der Waals surface area contributed by atoms with E-state index in [4.69, 9.17) is 10.6 Å². The number of hydrogen-bond acceptors (Lipinski definition) is 10. The number of nitrogens with zero attached hydrogens (tertiary/aromatic N) is 6. The van der Waals surface area contributed by atoms with Crippen LogP contribution in [0.15, 0.2) is 104 Å². The van der Waals surface area contributed by atoms with Gasteiger partial charge >= 0.3 is 0 Å². The summed E-state index contributed by atoms with van der Waals surface area (Å²) in [5, 5.41) is 18.9. The van der Waals surface area contributed by atoms with Crippen molar-refractivity contribution in [3.63, 3.8) is 0 Å². The van der Waals surface area contributed by atoms with Crippen LogP contribution in [0.25, 0.3) is 22.0 Å². The summed E-state index contributed by atoms with van der Waals surface area (Å²) < 4.78 is 39.5. The van der Waals surface area contributed by atoms with Gasteiger partial charge in [-0.3, -0.25) is 9.54 Å². The van der Waals surface area contributed by atoms with Gasteiger partial charge in [-0.2, -0.15) is 13.3 Å². The van der Waals surface area contributed by atoms with Gasteiger partial charge in [0.25, 0.3) is 10.1 Å². The second kappa shape index (κ2) is 11.4. The Morgan fingerprint density at radius 2 is 1.70 bits per heavy atom. The Balaban J connectivity index is 1.66. The normalized spacial score (nSPS) is 11.9. The molecular formula is C24H21N7O5S. The van der Waals surface area contributed by atoms with Gasteiger partial charge in [0.1, 0.15) is 27.7 Å². The first-order chi connectivity index (χ1) is 17.9. The Labute approximate surface area is 211 Å². The molecule has 1 aromatic heterocycles. The van der Waals surface area contributed by atoms with Gasteiger partial charge in [-0.15, -0.1) is 15.3 Å². The number of ether oxygens (including phenoxy) is 1. The zero-order chi connectivity index (χ0) is 26.3. The zero-order valence-electron chi connectivity index (χ0n) is 19.3. The van der Waals surface area contributed by atoms with Crippen molar-refractivity contribution in [3.05, 3.63) is 77.8 Å². The van der Waals surface area contributed by atoms with E-state index in [9.17, 15) is 17.9 Å². The third-order valence-corrected chi connectivity index (χ3v) is 6.12. The summed E-state index contributed by atoms with van der Waals surface area (Å²) in [6.07, 6.45) is 1.99. The molecule has 0 fully saturated rings. The molecule has 0 unspecified atom stereocenters. The van der Waals surface area contributed by atoms with Gasteiger partial charge in [-0.05, 0) is 30.3 Å². The molecule has 0 amide bonds. The Kier molecular flexibility index (Phi) is 7.86. The molecule has 0 spiro atoms. The molecule has 13 heteroatoms. The maximum Gasteiger partial charge on any atom is 0.295 e. The number of nitrogens with two attached hydrogens (primary N) is 1. The highest BCUT2D eigenvalue weighted by atomic mass is 32.2. The van der Waals surface area contributed by atoms with Crippen LogP contribution in [0.4, 0.5) is 17.1 Å². The molecule has 0 atom stereocenters. The van der Waals surface area contributed by atoms with E-state index >= 15 is 0 Å². The smallest absolute Gasteiger partial charge is 0.295 e. The van der Waals surface area contributed by atoms with E-state index in [-0.39, 0.29) is 28.2 Å². The summed E-state index contributed by atoms with van der Waals surface area (Å²) in [7, 11) is -4.57. The minimum Gasteiger partial charge on any atom is -0.493 e. The number of para-hydroxylation sites is 1. The second-order valence-corrected chi connectivity index (χ2v) is 9.02. The Bertz CT molecular complexity index is 1590. The lowest BCUT2D eigenvalue weighted by Crippen LogP contribution is -2.00. The van der Waals surface area contributed by atoms with E-state index in [0.717, 1.165) is 11.6 Å². The topological polar surface area (TPSA) is 181 Å². The monoisotopic (exact) mass is 519 g/mol. The average molecular weight is 520 g/mol. The first-order valence-corrected chi connectivity index (χ1v) is 12.4. The van der Waals surface area contributed by atoms with Crippen LogP contribution in [-0.4, -0.2) is 31.1 Å². The van der Waals surface area contributed by atoms with Crippen LogP contribution in [0.5, 0.6) is 5.75 Å². The van der Waals surface area contributed by atoms with Crippen molar-refractivity contribution in [2.45, 2.75) is 11.3 Å². The van der Waals surface area contributed by atoms with E-state index < -0.39 is 10.1 Å². The van der Waals surface area contributed by atoms with Crippen LogP contribution >= 0.6 is 0 Å². The highest BCUT2D eigenvalue weighted by molar-refractivity contribution is 7.86. The number of fused-ring (bicyclic) bond motifs is 1. The predicted octanol–water partition coefficient (Wildman–Crippen LogP) is 6.06. The summed E-state index contributed by atoms with van der Waals surface area (Å²) in [6, 6.07) is 18.3. The maximum atomic E-state index is 12.0. The van der Waals surface area contributed by atoms with Crippen molar-refractivity contribution in [3.8, 4) is 17.0 Å². The second-order valence-electron chi connectivity index (χ2n) is 7.63. The molecule has 1 heterocycles. The summed E-state index contributed by atoms with van der Waals surface area (Å²) in [6.45, 7) is 0.520. The molecule has 4 aromatic rings. The van der Waals surface area contributed by atoms with E-state index in [1.165, 1.54) is 12.3 Å². The van der Waals surface area contributed by atoms with Crippen LogP contribution in [-0.2, 0) is 10.1 Å². The molecule has 0 saturated heterocycles. The largest absolute Gasteiger partial charge is 0.493 e.